The molecule has 1 amide bonds. The number of methoxy groups -OCH3 is 1. The molecule has 0 radical (unpaired) electrons. The van der Waals surface area contributed by atoms with Gasteiger partial charge in [-0.3, -0.25) is 4.79 Å². The lowest BCUT2D eigenvalue weighted by Gasteiger charge is -2.24. The molecule has 3 rings (SSSR count). The van der Waals surface area contributed by atoms with Crippen molar-refractivity contribution >= 4 is 11.6 Å². The van der Waals surface area contributed by atoms with Crippen LogP contribution in [0.25, 0.3) is 0 Å². The first kappa shape index (κ1) is 15.4. The summed E-state index contributed by atoms with van der Waals surface area (Å²) in [6, 6.07) is 15.5. The minimum absolute atomic E-state index is 0.00311. The quantitative estimate of drug-likeness (QED) is 0.849. The van der Waals surface area contributed by atoms with E-state index in [0.717, 1.165) is 12.1 Å². The molecule has 4 heteroatoms. The number of para-hydroxylation sites is 3. The molecule has 1 atom stereocenters. The second-order valence-electron chi connectivity index (χ2n) is 5.53. The third-order valence-electron chi connectivity index (χ3n) is 4.14. The summed E-state index contributed by atoms with van der Waals surface area (Å²) in [5.41, 5.74) is 2.22. The number of nitrogens with zero attached hydrogens (tertiary/aromatic N) is 1. The first-order valence-electron chi connectivity index (χ1n) is 7.93. The molecule has 0 N–H and O–H groups in total. The van der Waals surface area contributed by atoms with Crippen molar-refractivity contribution in [3.05, 3.63) is 54.1 Å². The van der Waals surface area contributed by atoms with E-state index in [-0.39, 0.29) is 5.91 Å². The zero-order chi connectivity index (χ0) is 16.2. The number of ether oxygens (including phenoxy) is 2. The molecular weight excluding hydrogens is 290 g/mol. The van der Waals surface area contributed by atoms with Crippen LogP contribution in [0.5, 0.6) is 11.5 Å². The predicted octanol–water partition coefficient (Wildman–Crippen LogP) is 3.44. The van der Waals surface area contributed by atoms with Gasteiger partial charge in [0, 0.05) is 12.2 Å². The molecule has 1 heterocycles. The topological polar surface area (TPSA) is 38.8 Å². The van der Waals surface area contributed by atoms with E-state index < -0.39 is 6.10 Å². The molecular formula is C19H21NO3. The van der Waals surface area contributed by atoms with Crippen LogP contribution in [-0.4, -0.2) is 25.7 Å². The highest BCUT2D eigenvalue weighted by molar-refractivity contribution is 5.98. The number of carbonyl (C=O) groups is 1. The number of carbonyl (C=O) groups excluding carboxylic acids is 1. The first-order chi connectivity index (χ1) is 11.2. The lowest BCUT2D eigenvalue weighted by molar-refractivity contribution is -0.125. The Hall–Kier alpha value is -2.49. The molecule has 0 unspecified atom stereocenters. The number of fused-ring (bicyclic) bond motifs is 1. The van der Waals surface area contributed by atoms with Crippen LogP contribution in [0.15, 0.2) is 48.5 Å². The predicted molar refractivity (Wildman–Crippen MR) is 90.2 cm³/mol. The van der Waals surface area contributed by atoms with Gasteiger partial charge in [0.2, 0.25) is 0 Å². The standard InChI is InChI=1S/C19H21NO3/c1-3-16(23-18-11-7-6-10-17(18)22-2)19(21)20-13-12-14-8-4-5-9-15(14)20/h4-11,16H,3,12-13H2,1-2H3/t16-/m0/s1. The van der Waals surface area contributed by atoms with Crippen LogP contribution in [0, 0.1) is 0 Å². The van der Waals surface area contributed by atoms with Crippen molar-refractivity contribution in [2.24, 2.45) is 0 Å². The molecule has 1 aliphatic rings. The van der Waals surface area contributed by atoms with E-state index in [4.69, 9.17) is 9.47 Å². The Balaban J connectivity index is 1.80. The van der Waals surface area contributed by atoms with Crippen molar-refractivity contribution in [3.63, 3.8) is 0 Å². The zero-order valence-corrected chi connectivity index (χ0v) is 13.5. The van der Waals surface area contributed by atoms with Crippen LogP contribution < -0.4 is 14.4 Å². The minimum Gasteiger partial charge on any atom is -0.493 e. The summed E-state index contributed by atoms with van der Waals surface area (Å²) >= 11 is 0. The smallest absolute Gasteiger partial charge is 0.268 e. The average Bonchev–Trinajstić information content (AvgIpc) is 3.03. The maximum absolute atomic E-state index is 12.9. The van der Waals surface area contributed by atoms with Crippen LogP contribution in [0.4, 0.5) is 5.69 Å². The van der Waals surface area contributed by atoms with E-state index in [2.05, 4.69) is 6.07 Å². The van der Waals surface area contributed by atoms with E-state index >= 15 is 0 Å². The summed E-state index contributed by atoms with van der Waals surface area (Å²) in [5, 5.41) is 0. The fraction of sp³-hybridized carbons (Fsp3) is 0.316. The number of anilines is 1. The number of hydrogen-bond acceptors (Lipinski definition) is 3. The number of hydrogen-bond donors (Lipinski definition) is 0. The molecule has 120 valence electrons. The van der Waals surface area contributed by atoms with Gasteiger partial charge < -0.3 is 14.4 Å². The molecule has 23 heavy (non-hydrogen) atoms. The summed E-state index contributed by atoms with van der Waals surface area (Å²) < 4.78 is 11.3. The Morgan fingerprint density at radius 3 is 2.57 bits per heavy atom. The molecule has 1 aliphatic heterocycles. The third-order valence-corrected chi connectivity index (χ3v) is 4.14. The monoisotopic (exact) mass is 311 g/mol. The third kappa shape index (κ3) is 3.02. The highest BCUT2D eigenvalue weighted by atomic mass is 16.5. The molecule has 0 spiro atoms. The Labute approximate surface area is 136 Å². The molecule has 0 aliphatic carbocycles. The van der Waals surface area contributed by atoms with Crippen molar-refractivity contribution in [2.45, 2.75) is 25.9 Å². The van der Waals surface area contributed by atoms with Crippen LogP contribution in [0.1, 0.15) is 18.9 Å². The van der Waals surface area contributed by atoms with Crippen LogP contribution >= 0.6 is 0 Å². The lowest BCUT2D eigenvalue weighted by Crippen LogP contribution is -2.41. The Morgan fingerprint density at radius 1 is 1.13 bits per heavy atom. The molecule has 0 aromatic heterocycles. The Bertz CT molecular complexity index is 699. The van der Waals surface area contributed by atoms with E-state index in [0.29, 0.717) is 24.5 Å². The van der Waals surface area contributed by atoms with Gasteiger partial charge in [0.05, 0.1) is 7.11 Å². The summed E-state index contributed by atoms with van der Waals surface area (Å²) in [6.07, 6.45) is 0.986. The molecule has 2 aromatic rings. The summed E-state index contributed by atoms with van der Waals surface area (Å²) in [5.74, 6) is 1.24. The van der Waals surface area contributed by atoms with Gasteiger partial charge in [-0.1, -0.05) is 37.3 Å². The van der Waals surface area contributed by atoms with Gasteiger partial charge in [-0.25, -0.2) is 0 Å². The van der Waals surface area contributed by atoms with Gasteiger partial charge >= 0.3 is 0 Å². The molecule has 0 saturated heterocycles. The summed E-state index contributed by atoms with van der Waals surface area (Å²) in [6.45, 7) is 2.67. The molecule has 4 nitrogen and oxygen atoms in total. The second kappa shape index (κ2) is 6.73. The van der Waals surface area contributed by atoms with Gasteiger partial charge in [0.1, 0.15) is 0 Å². The van der Waals surface area contributed by atoms with Crippen molar-refractivity contribution in [2.75, 3.05) is 18.6 Å². The van der Waals surface area contributed by atoms with Gasteiger partial charge in [-0.2, -0.15) is 0 Å². The average molecular weight is 311 g/mol. The minimum atomic E-state index is -0.516. The lowest BCUT2D eigenvalue weighted by atomic mass is 10.2. The highest BCUT2D eigenvalue weighted by Gasteiger charge is 2.30. The summed E-state index contributed by atoms with van der Waals surface area (Å²) in [7, 11) is 1.60. The molecule has 0 fully saturated rings. The van der Waals surface area contributed by atoms with Crippen molar-refractivity contribution in [3.8, 4) is 11.5 Å². The van der Waals surface area contributed by atoms with Crippen molar-refractivity contribution in [1.29, 1.82) is 0 Å². The molecule has 0 saturated carbocycles. The largest absolute Gasteiger partial charge is 0.493 e. The number of rotatable bonds is 5. The fourth-order valence-electron chi connectivity index (χ4n) is 2.92. The zero-order valence-electron chi connectivity index (χ0n) is 13.5. The Kier molecular flexibility index (Phi) is 4.51. The SMILES string of the molecule is CC[C@H](Oc1ccccc1OC)C(=O)N1CCc2ccccc21. The fourth-order valence-corrected chi connectivity index (χ4v) is 2.92. The maximum atomic E-state index is 12.9. The van der Waals surface area contributed by atoms with Gasteiger partial charge in [0.25, 0.3) is 5.91 Å². The summed E-state index contributed by atoms with van der Waals surface area (Å²) in [4.78, 5) is 14.7. The van der Waals surface area contributed by atoms with Gasteiger partial charge in [-0.15, -0.1) is 0 Å². The van der Waals surface area contributed by atoms with Crippen LogP contribution in [0.3, 0.4) is 0 Å². The number of amides is 1. The maximum Gasteiger partial charge on any atom is 0.268 e. The second-order valence-corrected chi connectivity index (χ2v) is 5.53. The van der Waals surface area contributed by atoms with E-state index in [1.165, 1.54) is 5.56 Å². The normalized spacial score (nSPS) is 14.3. The first-order valence-corrected chi connectivity index (χ1v) is 7.93. The molecule has 2 aromatic carbocycles. The highest BCUT2D eigenvalue weighted by Crippen LogP contribution is 2.31. The van der Waals surface area contributed by atoms with E-state index in [1.807, 2.05) is 54.3 Å². The number of benzene rings is 2. The van der Waals surface area contributed by atoms with E-state index in [1.54, 1.807) is 7.11 Å². The van der Waals surface area contributed by atoms with Crippen LogP contribution in [0.2, 0.25) is 0 Å². The van der Waals surface area contributed by atoms with Crippen molar-refractivity contribution in [1.82, 2.24) is 0 Å². The van der Waals surface area contributed by atoms with Crippen molar-refractivity contribution < 1.29 is 14.3 Å². The van der Waals surface area contributed by atoms with Crippen LogP contribution in [-0.2, 0) is 11.2 Å². The Morgan fingerprint density at radius 2 is 1.83 bits per heavy atom. The van der Waals surface area contributed by atoms with Gasteiger partial charge in [0.15, 0.2) is 17.6 Å². The van der Waals surface area contributed by atoms with Gasteiger partial charge in [-0.05, 0) is 36.6 Å². The molecule has 0 bridgehead atoms. The van der Waals surface area contributed by atoms with E-state index in [9.17, 15) is 4.79 Å².